The molecule has 0 amide bonds. The Kier molecular flexibility index (Phi) is 5.52. The quantitative estimate of drug-likeness (QED) is 0.655. The van der Waals surface area contributed by atoms with E-state index in [0.29, 0.717) is 18.9 Å². The molecule has 1 aromatic carbocycles. The second-order valence-corrected chi connectivity index (χ2v) is 7.77. The van der Waals surface area contributed by atoms with Gasteiger partial charge in [0, 0.05) is 23.7 Å². The topological polar surface area (TPSA) is 73.2 Å². The van der Waals surface area contributed by atoms with Crippen LogP contribution in [-0.2, 0) is 16.6 Å². The zero-order valence-electron chi connectivity index (χ0n) is 13.8. The number of nitrogens with one attached hydrogen (secondary N) is 1. The van der Waals surface area contributed by atoms with Crippen LogP contribution in [0, 0.1) is 0 Å². The first-order valence-electron chi connectivity index (χ1n) is 7.87. The Bertz CT molecular complexity index is 918. The summed E-state index contributed by atoms with van der Waals surface area (Å²) in [7, 11) is -3.63. The molecular weight excluding hydrogens is 358 g/mol. The first-order valence-corrected chi connectivity index (χ1v) is 10.3. The van der Waals surface area contributed by atoms with Crippen molar-refractivity contribution >= 4 is 21.4 Å². The number of nitrogens with zero attached hydrogens (tertiary/aromatic N) is 2. The lowest BCUT2D eigenvalue weighted by atomic mass is 10.2. The monoisotopic (exact) mass is 377 g/mol. The fourth-order valence-electron chi connectivity index (χ4n) is 2.37. The van der Waals surface area contributed by atoms with Gasteiger partial charge in [0.05, 0.1) is 18.8 Å². The van der Waals surface area contributed by atoms with Gasteiger partial charge in [-0.15, -0.1) is 0 Å². The van der Waals surface area contributed by atoms with Crippen molar-refractivity contribution in [2.45, 2.75) is 18.4 Å². The molecular formula is C17H19N3O3S2. The van der Waals surface area contributed by atoms with E-state index in [9.17, 15) is 8.42 Å². The lowest BCUT2D eigenvalue weighted by Gasteiger charge is -2.11. The molecule has 2 aromatic heterocycles. The van der Waals surface area contributed by atoms with E-state index >= 15 is 0 Å². The number of para-hydroxylation sites is 1. The van der Waals surface area contributed by atoms with Crippen LogP contribution in [0.5, 0.6) is 5.75 Å². The maximum absolute atomic E-state index is 12.5. The summed E-state index contributed by atoms with van der Waals surface area (Å²) < 4.78 is 34.7. The van der Waals surface area contributed by atoms with E-state index in [2.05, 4.69) is 9.82 Å². The van der Waals surface area contributed by atoms with Crippen LogP contribution in [0.3, 0.4) is 0 Å². The van der Waals surface area contributed by atoms with Crippen LogP contribution in [0.2, 0.25) is 0 Å². The van der Waals surface area contributed by atoms with Gasteiger partial charge in [0.2, 0.25) is 10.0 Å². The lowest BCUT2D eigenvalue weighted by Crippen LogP contribution is -2.28. The Balaban J connectivity index is 1.63. The third kappa shape index (κ3) is 4.28. The van der Waals surface area contributed by atoms with Gasteiger partial charge in [-0.25, -0.2) is 13.1 Å². The number of thiophene rings is 1. The lowest BCUT2D eigenvalue weighted by molar-refractivity contribution is 0.331. The van der Waals surface area contributed by atoms with Crippen molar-refractivity contribution < 1.29 is 13.2 Å². The van der Waals surface area contributed by atoms with Gasteiger partial charge in [0.25, 0.3) is 0 Å². The van der Waals surface area contributed by atoms with Crippen LogP contribution in [0.1, 0.15) is 6.92 Å². The highest BCUT2D eigenvalue weighted by Gasteiger charge is 2.18. The Morgan fingerprint density at radius 2 is 2.08 bits per heavy atom. The number of hydrogen-bond donors (Lipinski definition) is 1. The minimum absolute atomic E-state index is 0.149. The Morgan fingerprint density at radius 3 is 2.84 bits per heavy atom. The van der Waals surface area contributed by atoms with Crippen molar-refractivity contribution in [1.82, 2.24) is 14.5 Å². The predicted molar refractivity (Wildman–Crippen MR) is 98.3 cm³/mol. The molecule has 2 heterocycles. The maximum atomic E-state index is 12.5. The van der Waals surface area contributed by atoms with Gasteiger partial charge in [0.1, 0.15) is 10.6 Å². The largest absolute Gasteiger partial charge is 0.492 e. The van der Waals surface area contributed by atoms with Crippen LogP contribution < -0.4 is 9.46 Å². The van der Waals surface area contributed by atoms with Crippen molar-refractivity contribution in [3.8, 4) is 17.0 Å². The highest BCUT2D eigenvalue weighted by Crippen LogP contribution is 2.23. The maximum Gasteiger partial charge on any atom is 0.244 e. The van der Waals surface area contributed by atoms with Gasteiger partial charge < -0.3 is 4.74 Å². The average molecular weight is 377 g/mol. The first kappa shape index (κ1) is 17.7. The fraction of sp³-hybridized carbons (Fsp3) is 0.235. The normalized spacial score (nSPS) is 11.6. The van der Waals surface area contributed by atoms with Gasteiger partial charge >= 0.3 is 0 Å². The van der Waals surface area contributed by atoms with Crippen molar-refractivity contribution in [3.63, 3.8) is 0 Å². The molecule has 25 heavy (non-hydrogen) atoms. The molecule has 0 aliphatic carbocycles. The van der Waals surface area contributed by atoms with Gasteiger partial charge in [-0.1, -0.05) is 12.1 Å². The first-order chi connectivity index (χ1) is 12.1. The summed E-state index contributed by atoms with van der Waals surface area (Å²) in [6, 6.07) is 10.5. The Hall–Kier alpha value is -2.16. The molecule has 0 radical (unpaired) electrons. The predicted octanol–water partition coefficient (Wildman–Crippen LogP) is 2.99. The van der Waals surface area contributed by atoms with E-state index in [-0.39, 0.29) is 11.4 Å². The number of rotatable bonds is 8. The number of aromatic nitrogens is 2. The van der Waals surface area contributed by atoms with Crippen LogP contribution >= 0.6 is 11.3 Å². The highest BCUT2D eigenvalue weighted by molar-refractivity contribution is 7.89. The third-order valence-electron chi connectivity index (χ3n) is 3.53. The molecule has 0 unspecified atom stereocenters. The summed E-state index contributed by atoms with van der Waals surface area (Å²) in [5.74, 6) is 0.358. The summed E-state index contributed by atoms with van der Waals surface area (Å²) in [5.41, 5.74) is 1.95. The second kappa shape index (κ2) is 7.81. The van der Waals surface area contributed by atoms with Crippen molar-refractivity contribution in [2.75, 3.05) is 13.2 Å². The average Bonchev–Trinajstić information content (AvgIpc) is 3.27. The molecule has 6 nitrogen and oxygen atoms in total. The molecule has 132 valence electrons. The van der Waals surface area contributed by atoms with Gasteiger partial charge in [0.15, 0.2) is 0 Å². The summed E-state index contributed by atoms with van der Waals surface area (Å²) in [6.07, 6.45) is 1.84. The minimum Gasteiger partial charge on any atom is -0.492 e. The molecule has 0 aliphatic rings. The molecule has 0 spiro atoms. The minimum atomic E-state index is -3.63. The third-order valence-corrected chi connectivity index (χ3v) is 5.71. The number of sulfonamides is 1. The smallest absolute Gasteiger partial charge is 0.244 e. The van der Waals surface area contributed by atoms with Crippen LogP contribution in [-0.4, -0.2) is 31.3 Å². The highest BCUT2D eigenvalue weighted by atomic mass is 32.2. The molecule has 0 bridgehead atoms. The molecule has 3 aromatic rings. The van der Waals surface area contributed by atoms with Crippen LogP contribution in [0.15, 0.2) is 58.3 Å². The number of ether oxygens (including phenoxy) is 1. The Morgan fingerprint density at radius 1 is 1.24 bits per heavy atom. The van der Waals surface area contributed by atoms with Crippen molar-refractivity contribution in [1.29, 1.82) is 0 Å². The molecule has 3 rings (SSSR count). The Labute approximate surface area is 151 Å². The molecule has 8 heteroatoms. The van der Waals surface area contributed by atoms with Crippen LogP contribution in [0.25, 0.3) is 11.3 Å². The molecule has 0 saturated heterocycles. The summed E-state index contributed by atoms with van der Waals surface area (Å²) >= 11 is 1.62. The fourth-order valence-corrected chi connectivity index (χ4v) is 4.18. The summed E-state index contributed by atoms with van der Waals surface area (Å²) in [6.45, 7) is 2.92. The van der Waals surface area contributed by atoms with E-state index < -0.39 is 10.0 Å². The van der Waals surface area contributed by atoms with Gasteiger partial charge in [-0.05, 0) is 36.6 Å². The molecule has 0 fully saturated rings. The van der Waals surface area contributed by atoms with Gasteiger partial charge in [-0.3, -0.25) is 4.68 Å². The number of hydrogen-bond acceptors (Lipinski definition) is 5. The van der Waals surface area contributed by atoms with Crippen molar-refractivity contribution in [3.05, 3.63) is 53.4 Å². The second-order valence-electron chi connectivity index (χ2n) is 5.25. The molecule has 1 N–H and O–H groups in total. The molecule has 0 atom stereocenters. The summed E-state index contributed by atoms with van der Waals surface area (Å²) in [4.78, 5) is 0.149. The molecule has 0 saturated carbocycles. The molecule has 0 aliphatic heterocycles. The zero-order valence-corrected chi connectivity index (χ0v) is 15.4. The number of benzene rings is 1. The van der Waals surface area contributed by atoms with E-state index in [0.717, 1.165) is 11.3 Å². The SMILES string of the molecule is CCOc1ccccc1S(=O)(=O)NCCn1ccc(-c2ccsc2)n1. The van der Waals surface area contributed by atoms with Crippen molar-refractivity contribution in [2.24, 2.45) is 0 Å². The van der Waals surface area contributed by atoms with E-state index in [1.807, 2.05) is 36.0 Å². The van der Waals surface area contributed by atoms with Gasteiger partial charge in [-0.2, -0.15) is 16.4 Å². The zero-order chi connectivity index (χ0) is 17.7. The van der Waals surface area contributed by atoms with E-state index in [1.54, 1.807) is 34.2 Å². The van der Waals surface area contributed by atoms with Crippen LogP contribution in [0.4, 0.5) is 0 Å². The summed E-state index contributed by atoms with van der Waals surface area (Å²) in [5, 5.41) is 8.48. The standard InChI is InChI=1S/C17H19N3O3S2/c1-2-23-16-5-3-4-6-17(16)25(21,22)18-9-11-20-10-7-15(19-20)14-8-12-24-13-14/h3-8,10,12-13,18H,2,9,11H2,1H3. The van der Waals surface area contributed by atoms with E-state index in [4.69, 9.17) is 4.74 Å². The van der Waals surface area contributed by atoms with E-state index in [1.165, 1.54) is 6.07 Å².